The highest BCUT2D eigenvalue weighted by Crippen LogP contribution is 2.27. The molecule has 0 aliphatic carbocycles. The van der Waals surface area contributed by atoms with Gasteiger partial charge < -0.3 is 34.0 Å². The summed E-state index contributed by atoms with van der Waals surface area (Å²) >= 11 is 1.30. The van der Waals surface area contributed by atoms with Crippen LogP contribution in [0, 0.1) is 0 Å². The molecule has 3 aromatic rings. The van der Waals surface area contributed by atoms with E-state index < -0.39 is 5.92 Å². The Balaban J connectivity index is 0.00000385. The van der Waals surface area contributed by atoms with Crippen LogP contribution >= 0.6 is 11.3 Å². The fraction of sp³-hybridized carbons (Fsp3) is 0.280. The van der Waals surface area contributed by atoms with Crippen molar-refractivity contribution in [3.05, 3.63) is 87.9 Å². The lowest BCUT2D eigenvalue weighted by molar-refractivity contribution is -0.671. The van der Waals surface area contributed by atoms with Crippen molar-refractivity contribution >= 4 is 29.0 Å². The molecule has 0 saturated heterocycles. The van der Waals surface area contributed by atoms with E-state index in [2.05, 4.69) is 5.32 Å². The number of carbonyl (C=O) groups is 3. The SMILES string of the molecule is CCC(COC(=O)C(C)c1ccc(C(=O)c2ccccc2)s1)NC(=O)c1ccc[n+](C)c1.[I-]. The number of amides is 1. The number of pyridine rings is 1. The number of hydrogen-bond donors (Lipinski definition) is 1. The van der Waals surface area contributed by atoms with E-state index in [1.807, 2.05) is 38.4 Å². The van der Waals surface area contributed by atoms with E-state index in [1.54, 1.807) is 54.1 Å². The number of ketones is 1. The Morgan fingerprint density at radius 3 is 2.39 bits per heavy atom. The molecule has 0 aliphatic heterocycles. The van der Waals surface area contributed by atoms with Crippen LogP contribution in [0.5, 0.6) is 0 Å². The van der Waals surface area contributed by atoms with Gasteiger partial charge in [-0.3, -0.25) is 14.4 Å². The number of esters is 1. The molecule has 6 nitrogen and oxygen atoms in total. The molecule has 1 amide bonds. The quantitative estimate of drug-likeness (QED) is 0.175. The number of rotatable bonds is 9. The van der Waals surface area contributed by atoms with Crippen molar-refractivity contribution in [2.75, 3.05) is 6.61 Å². The number of nitrogens with zero attached hydrogens (tertiary/aromatic N) is 1. The van der Waals surface area contributed by atoms with Crippen LogP contribution in [0.25, 0.3) is 0 Å². The standard InChI is InChI=1S/C25H26N2O4S.HI/c1-4-20(26-24(29)19-11-8-14-27(3)15-19)16-31-25(30)17(2)21-12-13-22(32-21)23(28)18-9-6-5-7-10-18;/h5-15,17,20H,4,16H2,1-3H3;1H. The lowest BCUT2D eigenvalue weighted by atomic mass is 10.1. The first-order valence-corrected chi connectivity index (χ1v) is 11.3. The van der Waals surface area contributed by atoms with E-state index in [1.165, 1.54) is 11.3 Å². The molecule has 0 bridgehead atoms. The van der Waals surface area contributed by atoms with E-state index in [-0.39, 0.29) is 54.3 Å². The van der Waals surface area contributed by atoms with E-state index >= 15 is 0 Å². The normalized spacial score (nSPS) is 12.2. The lowest BCUT2D eigenvalue weighted by Crippen LogP contribution is -3.00. The monoisotopic (exact) mass is 578 g/mol. The second kappa shape index (κ2) is 12.6. The minimum atomic E-state index is -0.501. The van der Waals surface area contributed by atoms with Crippen LogP contribution < -0.4 is 33.9 Å². The third-order valence-corrected chi connectivity index (χ3v) is 6.39. The van der Waals surface area contributed by atoms with Crippen LogP contribution in [0.15, 0.2) is 67.0 Å². The van der Waals surface area contributed by atoms with Crippen molar-refractivity contribution in [1.82, 2.24) is 5.32 Å². The highest BCUT2D eigenvalue weighted by atomic mass is 127. The maximum Gasteiger partial charge on any atom is 0.314 e. The summed E-state index contributed by atoms with van der Waals surface area (Å²) in [5.41, 5.74) is 1.16. The molecule has 3 rings (SSSR count). The van der Waals surface area contributed by atoms with Gasteiger partial charge in [0.05, 0.1) is 16.8 Å². The molecule has 0 saturated carbocycles. The van der Waals surface area contributed by atoms with Gasteiger partial charge in [-0.1, -0.05) is 37.3 Å². The average molecular weight is 578 g/mol. The predicted octanol–water partition coefficient (Wildman–Crippen LogP) is 0.663. The van der Waals surface area contributed by atoms with Gasteiger partial charge in [0.25, 0.3) is 5.91 Å². The Bertz CT molecular complexity index is 1100. The molecule has 2 heterocycles. The summed E-state index contributed by atoms with van der Waals surface area (Å²) in [7, 11) is 1.85. The molecular formula is C25H27IN2O4S. The van der Waals surface area contributed by atoms with Crippen molar-refractivity contribution < 1.29 is 47.7 Å². The minimum Gasteiger partial charge on any atom is -1.00 e. The molecule has 2 aromatic heterocycles. The largest absolute Gasteiger partial charge is 1.00 e. The van der Waals surface area contributed by atoms with Gasteiger partial charge in [-0.15, -0.1) is 11.3 Å². The van der Waals surface area contributed by atoms with Crippen molar-refractivity contribution in [2.45, 2.75) is 32.2 Å². The predicted molar refractivity (Wildman–Crippen MR) is 123 cm³/mol. The summed E-state index contributed by atoms with van der Waals surface area (Å²) in [6.45, 7) is 3.77. The summed E-state index contributed by atoms with van der Waals surface area (Å²) in [5.74, 6) is -1.16. The highest BCUT2D eigenvalue weighted by molar-refractivity contribution is 7.14. The summed E-state index contributed by atoms with van der Waals surface area (Å²) in [5, 5.41) is 2.91. The van der Waals surface area contributed by atoms with Crippen molar-refractivity contribution in [2.24, 2.45) is 7.05 Å². The zero-order valence-electron chi connectivity index (χ0n) is 18.8. The molecule has 0 fully saturated rings. The van der Waals surface area contributed by atoms with Crippen LogP contribution in [-0.4, -0.2) is 30.3 Å². The molecule has 0 radical (unpaired) electrons. The number of thiophene rings is 1. The molecule has 0 aliphatic rings. The Hall–Kier alpha value is -2.59. The number of benzene rings is 1. The topological polar surface area (TPSA) is 76.3 Å². The maximum atomic E-state index is 12.6. The first-order chi connectivity index (χ1) is 15.4. The average Bonchev–Trinajstić information content (AvgIpc) is 3.31. The molecule has 1 aromatic carbocycles. The van der Waals surface area contributed by atoms with Gasteiger partial charge >= 0.3 is 5.97 Å². The highest BCUT2D eigenvalue weighted by Gasteiger charge is 2.23. The number of ether oxygens (including phenoxy) is 1. The van der Waals surface area contributed by atoms with E-state index in [0.717, 1.165) is 4.88 Å². The Kier molecular flexibility index (Phi) is 10.2. The third-order valence-electron chi connectivity index (χ3n) is 5.12. The number of hydrogen-bond acceptors (Lipinski definition) is 5. The molecule has 1 N–H and O–H groups in total. The van der Waals surface area contributed by atoms with Crippen molar-refractivity contribution in [3.63, 3.8) is 0 Å². The van der Waals surface area contributed by atoms with Gasteiger partial charge in [0.2, 0.25) is 5.78 Å². The van der Waals surface area contributed by atoms with E-state index in [0.29, 0.717) is 22.4 Å². The lowest BCUT2D eigenvalue weighted by Gasteiger charge is -2.18. The summed E-state index contributed by atoms with van der Waals surface area (Å²) < 4.78 is 7.29. The molecule has 2 atom stereocenters. The van der Waals surface area contributed by atoms with Crippen molar-refractivity contribution in [3.8, 4) is 0 Å². The Labute approximate surface area is 215 Å². The molecule has 2 unspecified atom stereocenters. The summed E-state index contributed by atoms with van der Waals surface area (Å²) in [4.78, 5) is 39.0. The van der Waals surface area contributed by atoms with Gasteiger partial charge in [-0.25, -0.2) is 4.57 Å². The van der Waals surface area contributed by atoms with Gasteiger partial charge in [-0.05, 0) is 31.5 Å². The third kappa shape index (κ3) is 7.20. The summed E-state index contributed by atoms with van der Waals surface area (Å²) in [6, 6.07) is 15.8. The van der Waals surface area contributed by atoms with Crippen LogP contribution in [0.4, 0.5) is 0 Å². The molecule has 0 spiro atoms. The number of nitrogens with one attached hydrogen (secondary N) is 1. The fourth-order valence-electron chi connectivity index (χ4n) is 3.12. The number of halogens is 1. The van der Waals surface area contributed by atoms with Crippen molar-refractivity contribution in [1.29, 1.82) is 0 Å². The summed E-state index contributed by atoms with van der Waals surface area (Å²) in [6.07, 6.45) is 4.21. The van der Waals surface area contributed by atoms with Gasteiger partial charge in [0, 0.05) is 16.5 Å². The van der Waals surface area contributed by atoms with Gasteiger partial charge in [0.1, 0.15) is 19.2 Å². The number of carbonyl (C=O) groups excluding carboxylic acids is 3. The first kappa shape index (κ1) is 26.7. The van der Waals surface area contributed by atoms with E-state index in [4.69, 9.17) is 4.74 Å². The first-order valence-electron chi connectivity index (χ1n) is 10.5. The molecule has 33 heavy (non-hydrogen) atoms. The number of aromatic nitrogens is 1. The number of aryl methyl sites for hydroxylation is 1. The van der Waals surface area contributed by atoms with Gasteiger partial charge in [-0.2, -0.15) is 0 Å². The smallest absolute Gasteiger partial charge is 0.314 e. The maximum absolute atomic E-state index is 12.6. The van der Waals surface area contributed by atoms with Crippen LogP contribution in [0.2, 0.25) is 0 Å². The second-order valence-electron chi connectivity index (χ2n) is 7.59. The Morgan fingerprint density at radius 2 is 1.73 bits per heavy atom. The molecular weight excluding hydrogens is 551 g/mol. The fourth-order valence-corrected chi connectivity index (χ4v) is 4.13. The van der Waals surface area contributed by atoms with E-state index in [9.17, 15) is 14.4 Å². The van der Waals surface area contributed by atoms with Crippen LogP contribution in [0.3, 0.4) is 0 Å². The zero-order valence-corrected chi connectivity index (χ0v) is 21.8. The van der Waals surface area contributed by atoms with Crippen LogP contribution in [-0.2, 0) is 16.6 Å². The van der Waals surface area contributed by atoms with Crippen LogP contribution in [0.1, 0.15) is 56.7 Å². The molecule has 174 valence electrons. The zero-order chi connectivity index (χ0) is 23.1. The second-order valence-corrected chi connectivity index (χ2v) is 8.70. The molecule has 8 heteroatoms. The Morgan fingerprint density at radius 1 is 1.03 bits per heavy atom. The van der Waals surface area contributed by atoms with Gasteiger partial charge in [0.15, 0.2) is 12.4 Å². The minimum absolute atomic E-state index is 0.